The third kappa shape index (κ3) is 16.9. The first-order chi connectivity index (χ1) is 62.3. The largest absolute Gasteiger partial charge is 0.502 e. The number of hydrogen-bond acceptors (Lipinski definition) is 20. The van der Waals surface area contributed by atoms with Crippen LogP contribution in [0, 0.1) is 40.7 Å². The van der Waals surface area contributed by atoms with Crippen molar-refractivity contribution in [3.8, 4) is 23.0 Å². The number of benzene rings is 5. The molecule has 3 saturated heterocycles. The highest BCUT2D eigenvalue weighted by atomic mass is 35.5. The molecule has 4 aromatic heterocycles. The predicted octanol–water partition coefficient (Wildman–Crippen LogP) is 12.4. The number of aromatic nitrogens is 4. The molecule has 682 valence electrons. The second kappa shape index (κ2) is 37.4. The quantitative estimate of drug-likeness (QED) is 0.0407. The second-order valence-electron chi connectivity index (χ2n) is 33.4. The van der Waals surface area contributed by atoms with Gasteiger partial charge >= 0.3 is 0 Å². The molecule has 28 nitrogen and oxygen atoms in total. The molecular weight excluding hydrogens is 1720 g/mol. The number of aromatic hydroxyl groups is 4. The fraction of sp³-hybridized carbons (Fsp3) is 0.383. The van der Waals surface area contributed by atoms with Crippen LogP contribution in [0.15, 0.2) is 141 Å². The molecule has 12 heterocycles. The summed E-state index contributed by atoms with van der Waals surface area (Å²) < 4.78 is 102. The predicted molar refractivity (Wildman–Crippen MR) is 462 cm³/mol. The highest BCUT2D eigenvalue weighted by molar-refractivity contribution is 6.30. The van der Waals surface area contributed by atoms with Crippen molar-refractivity contribution in [1.82, 2.24) is 38.3 Å². The fourth-order valence-electron chi connectivity index (χ4n) is 19.0. The van der Waals surface area contributed by atoms with Gasteiger partial charge in [0.25, 0.3) is 23.6 Å². The zero-order chi connectivity index (χ0) is 92.9. The van der Waals surface area contributed by atoms with Crippen LogP contribution < -0.4 is 41.8 Å². The van der Waals surface area contributed by atoms with Gasteiger partial charge in [-0.3, -0.25) is 96.3 Å². The number of amides is 4. The molecule has 4 atom stereocenters. The third-order valence-electron chi connectivity index (χ3n) is 25.9. The van der Waals surface area contributed by atoms with E-state index < -0.39 is 144 Å². The molecule has 4 N–H and O–H groups in total. The molecule has 5 aromatic carbocycles. The summed E-state index contributed by atoms with van der Waals surface area (Å²) in [7, 11) is 0. The van der Waals surface area contributed by atoms with Crippen molar-refractivity contribution in [3.63, 3.8) is 0 Å². The van der Waals surface area contributed by atoms with Crippen molar-refractivity contribution in [2.24, 2.45) is 0 Å². The number of rotatable bonds is 20. The summed E-state index contributed by atoms with van der Waals surface area (Å²) in [5.41, 5.74) is -3.30. The van der Waals surface area contributed by atoms with Crippen LogP contribution in [0.4, 0.5) is 30.7 Å². The van der Waals surface area contributed by atoms with Crippen LogP contribution in [-0.4, -0.2) is 170 Å². The maximum Gasteiger partial charge on any atom is 0.278 e. The topological polar surface area (TPSA) is 331 Å². The highest BCUT2D eigenvalue weighted by Crippen LogP contribution is 2.53. The first-order valence-corrected chi connectivity index (χ1v) is 43.9. The van der Waals surface area contributed by atoms with Crippen molar-refractivity contribution in [2.45, 2.75) is 186 Å². The minimum Gasteiger partial charge on any atom is -0.502 e. The van der Waals surface area contributed by atoms with Crippen molar-refractivity contribution < 1.29 is 89.5 Å². The molecule has 18 rings (SSSR count). The van der Waals surface area contributed by atoms with Crippen molar-refractivity contribution in [2.75, 3.05) is 65.8 Å². The highest BCUT2D eigenvalue weighted by Gasteiger charge is 2.51. The van der Waals surface area contributed by atoms with Crippen LogP contribution in [0.2, 0.25) is 5.02 Å². The molecule has 9 aliphatic rings. The zero-order valence-electron chi connectivity index (χ0n) is 71.5. The van der Waals surface area contributed by atoms with E-state index in [4.69, 9.17) is 11.6 Å². The summed E-state index contributed by atoms with van der Waals surface area (Å²) in [6.45, 7) is 11.3. The van der Waals surface area contributed by atoms with Gasteiger partial charge in [-0.2, -0.15) is 0 Å². The van der Waals surface area contributed by atoms with E-state index in [0.29, 0.717) is 65.2 Å². The number of pyridine rings is 4. The van der Waals surface area contributed by atoms with Gasteiger partial charge in [-0.15, -0.1) is 0 Å². The number of nitrogens with zero attached hydrogens (tertiary/aromatic N) is 12. The molecule has 0 spiro atoms. The van der Waals surface area contributed by atoms with E-state index in [1.165, 1.54) is 73.8 Å². The van der Waals surface area contributed by atoms with Gasteiger partial charge in [0.2, 0.25) is 21.7 Å². The third-order valence-corrected chi connectivity index (χ3v) is 26.2. The summed E-state index contributed by atoms with van der Waals surface area (Å²) >= 11 is 5.79. The van der Waals surface area contributed by atoms with Gasteiger partial charge in [0.1, 0.15) is 65.4 Å². The molecule has 1 saturated carbocycles. The van der Waals surface area contributed by atoms with Crippen molar-refractivity contribution in [3.05, 3.63) is 287 Å². The average molecular weight is 1820 g/mol. The summed E-state index contributed by atoms with van der Waals surface area (Å²) in [4.78, 5) is 162. The zero-order valence-corrected chi connectivity index (χ0v) is 72.3. The molecule has 4 amide bonds. The number of piperidine rings is 2. The SMILES string of the molecule is CCN1C(=O)c2c(O)c(=O)c(C(=O)CC3(c4ccc(F)cc4F)CC3)cn2N2CCCC[C@@H]12.CCN1C(=O)c2c(O)c(=O)c(C(=O)CCc3ccc(F)cc3F)cn2N2CCCCC[C@@H]12.CCN1C(=O)c2c(O)c(=O)c(C(=O)CCc3ccc(F)cc3F)cn2N2Cc3ccccc3[C@@H]12.CCN1C(=O)c2c(O)c(=O)c(C(=O)CCc3cccc(Cl)c3F)cn2N2CCCC[C@@H]12. The number of Topliss-reactive ketones (excluding diaryl/α,β-unsaturated/α-hetero) is 4. The van der Waals surface area contributed by atoms with Crippen LogP contribution in [0.3, 0.4) is 0 Å². The molecule has 4 fully saturated rings. The van der Waals surface area contributed by atoms with Crippen LogP contribution >= 0.6 is 11.6 Å². The minimum absolute atomic E-state index is 0.0260. The Morgan fingerprint density at radius 3 is 1.16 bits per heavy atom. The summed E-state index contributed by atoms with van der Waals surface area (Å²) in [5.74, 6) is -12.1. The Morgan fingerprint density at radius 1 is 0.400 bits per heavy atom. The van der Waals surface area contributed by atoms with E-state index in [0.717, 1.165) is 112 Å². The molecule has 8 aliphatic heterocycles. The van der Waals surface area contributed by atoms with E-state index in [1.54, 1.807) is 25.7 Å². The Kier molecular flexibility index (Phi) is 26.3. The average Bonchev–Trinajstić information content (AvgIpc) is 1.49. The molecule has 36 heteroatoms. The number of hydrogen-bond donors (Lipinski definition) is 4. The van der Waals surface area contributed by atoms with Gasteiger partial charge in [-0.25, -0.2) is 30.7 Å². The monoisotopic (exact) mass is 1810 g/mol. The second-order valence-corrected chi connectivity index (χ2v) is 33.8. The van der Waals surface area contributed by atoms with E-state index in [-0.39, 0.29) is 136 Å². The number of ketones is 4. The van der Waals surface area contributed by atoms with E-state index in [2.05, 4.69) is 0 Å². The number of carbonyl (C=O) groups is 8. The maximum absolute atomic E-state index is 14.4. The number of halogens is 8. The van der Waals surface area contributed by atoms with E-state index in [1.807, 2.05) is 72.0 Å². The number of aryl methyl sites for hydroxylation is 3. The molecule has 0 unspecified atom stereocenters. The van der Waals surface area contributed by atoms with Gasteiger partial charge in [0.15, 0.2) is 68.9 Å². The lowest BCUT2D eigenvalue weighted by molar-refractivity contribution is 0.0528. The van der Waals surface area contributed by atoms with E-state index >= 15 is 0 Å². The molecule has 1 aliphatic carbocycles. The number of carbonyl (C=O) groups excluding carboxylic acids is 8. The smallest absolute Gasteiger partial charge is 0.278 e. The van der Waals surface area contributed by atoms with Crippen molar-refractivity contribution in [1.29, 1.82) is 0 Å². The Bertz CT molecular complexity index is 6380. The lowest BCUT2D eigenvalue weighted by Gasteiger charge is -2.48. The maximum atomic E-state index is 14.4. The van der Waals surface area contributed by atoms with Gasteiger partial charge in [0.05, 0.1) is 33.8 Å². The van der Waals surface area contributed by atoms with Crippen LogP contribution in [0.1, 0.15) is 253 Å². The van der Waals surface area contributed by atoms with Crippen LogP contribution in [-0.2, 0) is 31.2 Å². The molecular formula is C94H94ClF7N12O16. The summed E-state index contributed by atoms with van der Waals surface area (Å²) in [5, 5.41) is 50.1. The van der Waals surface area contributed by atoms with Gasteiger partial charge in [0, 0.05) is 125 Å². The Morgan fingerprint density at radius 2 is 0.762 bits per heavy atom. The molecule has 9 aromatic rings. The summed E-state index contributed by atoms with van der Waals surface area (Å²) in [6, 6.07) is 21.6. The Hall–Kier alpha value is -13.3. The summed E-state index contributed by atoms with van der Waals surface area (Å²) in [6.07, 6.45) is 13.4. The normalized spacial score (nSPS) is 18.4. The lowest BCUT2D eigenvalue weighted by Crippen LogP contribution is -2.63. The molecule has 0 radical (unpaired) electrons. The Labute approximate surface area is 744 Å². The van der Waals surface area contributed by atoms with Crippen LogP contribution in [0.5, 0.6) is 23.0 Å². The lowest BCUT2D eigenvalue weighted by atomic mass is 9.88. The van der Waals surface area contributed by atoms with Crippen molar-refractivity contribution >= 4 is 58.4 Å². The van der Waals surface area contributed by atoms with Gasteiger partial charge in [-0.05, 0) is 170 Å². The fourth-order valence-corrected chi connectivity index (χ4v) is 19.2. The standard InChI is InChI=1S/C25H21F2N3O4.C24H25F2N3O4.C23H25F2N3O4.C22H23ClFN3O4/c1-2-28-24-17-6-4-3-5-15(17)12-30(24)29-13-18(22(32)23(33)21(29)25(28)34)20(31)10-8-14-7-9-16(26)11-19(14)27;1-2-27-19-5-3-4-10-28(19)29-13-15(21(31)22(32)20(29)23(27)33)18(30)12-24(8-9-24)16-7-6-14(25)11-17(16)26;1-2-26-19-6-4-3-5-11-27(19)28-13-16(21(30)22(31)20(28)23(26)32)18(29)10-8-14-7-9-15(24)12-17(14)25;1-2-25-17-8-3-4-11-26(17)27-12-14(20(29)21(30)19(27)22(25)31)16(28)10-9-13-6-5-7-15(23)18(13)24/h3-7,9,11,13,24,33H,2,8,10,12H2,1H3;6-7,11,13,19,32H,2-5,8-10,12H2,1H3;7,9,12-13,19,31H,2-6,8,10-11H2,1H3;5-7,12,17,30H,2-4,8-11H2,1H3/t24-;2*19-;17-/m0000/s1. The number of fused-ring (bicyclic) bond motifs is 14. The van der Waals surface area contributed by atoms with Gasteiger partial charge < -0.3 is 40.0 Å². The first-order valence-electron chi connectivity index (χ1n) is 43.5. The van der Waals surface area contributed by atoms with E-state index in [9.17, 15) is 109 Å². The van der Waals surface area contributed by atoms with Crippen LogP contribution in [0.25, 0.3) is 0 Å². The minimum atomic E-state index is -0.949. The molecule has 130 heavy (non-hydrogen) atoms. The Balaban J connectivity index is 0.000000133. The molecule has 0 bridgehead atoms. The first kappa shape index (κ1) is 91.4. The van der Waals surface area contributed by atoms with Gasteiger partial charge in [-0.1, -0.05) is 72.6 Å².